The molecule has 1 N–H and O–H groups in total. The molecule has 0 aliphatic carbocycles. The second kappa shape index (κ2) is 2.37. The number of rotatable bonds is 2. The third kappa shape index (κ3) is 1.01. The molecule has 1 aromatic rings. The lowest BCUT2D eigenvalue weighted by molar-refractivity contribution is 0.258. The molecule has 0 radical (unpaired) electrons. The molecule has 1 rings (SSSR count). The number of nitrogens with one attached hydrogen (secondary N) is 1. The number of hydrogen-bond acceptors (Lipinski definition) is 3. The van der Waals surface area contributed by atoms with Gasteiger partial charge in [0.15, 0.2) is 0 Å². The van der Waals surface area contributed by atoms with Gasteiger partial charge in [-0.15, -0.1) is 0 Å². The molecule has 1 heterocycles. The van der Waals surface area contributed by atoms with E-state index in [0.29, 0.717) is 5.88 Å². The second-order valence-electron chi connectivity index (χ2n) is 1.28. The summed E-state index contributed by atoms with van der Waals surface area (Å²) < 4.78 is 4.84. The summed E-state index contributed by atoms with van der Waals surface area (Å²) in [6, 6.07) is 3.55. The van der Waals surface area contributed by atoms with Crippen molar-refractivity contribution in [2.75, 3.05) is 12.6 Å². The first kappa shape index (κ1) is 5.18. The predicted molar refractivity (Wildman–Crippen MR) is 29.3 cm³/mol. The SMILES string of the molecule is CONc1ccco1. The van der Waals surface area contributed by atoms with Crippen molar-refractivity contribution in [2.45, 2.75) is 0 Å². The summed E-state index contributed by atoms with van der Waals surface area (Å²) in [5.41, 5.74) is 2.52. The van der Waals surface area contributed by atoms with E-state index in [-0.39, 0.29) is 0 Å². The molecule has 0 atom stereocenters. The topological polar surface area (TPSA) is 34.4 Å². The molecule has 0 spiro atoms. The van der Waals surface area contributed by atoms with Crippen molar-refractivity contribution in [3.8, 4) is 0 Å². The quantitative estimate of drug-likeness (QED) is 0.586. The molecule has 44 valence electrons. The predicted octanol–water partition coefficient (Wildman–Crippen LogP) is 1.25. The summed E-state index contributed by atoms with van der Waals surface area (Å²) in [6.45, 7) is 0. The summed E-state index contributed by atoms with van der Waals surface area (Å²) >= 11 is 0. The van der Waals surface area contributed by atoms with Crippen LogP contribution in [0.3, 0.4) is 0 Å². The molecule has 0 bridgehead atoms. The third-order valence-electron chi connectivity index (χ3n) is 0.724. The summed E-state index contributed by atoms with van der Waals surface area (Å²) in [7, 11) is 1.53. The lowest BCUT2D eigenvalue weighted by Gasteiger charge is -1.93. The summed E-state index contributed by atoms with van der Waals surface area (Å²) in [5.74, 6) is 0.618. The van der Waals surface area contributed by atoms with E-state index in [1.54, 1.807) is 18.4 Å². The van der Waals surface area contributed by atoms with E-state index in [0.717, 1.165) is 0 Å². The molecule has 3 heteroatoms. The minimum atomic E-state index is 0.618. The molecule has 0 amide bonds. The third-order valence-corrected chi connectivity index (χ3v) is 0.724. The van der Waals surface area contributed by atoms with Crippen LogP contribution in [0.15, 0.2) is 22.8 Å². The first-order valence-electron chi connectivity index (χ1n) is 2.26. The summed E-state index contributed by atoms with van der Waals surface area (Å²) in [4.78, 5) is 4.54. The van der Waals surface area contributed by atoms with Crippen LogP contribution in [-0.4, -0.2) is 7.11 Å². The van der Waals surface area contributed by atoms with E-state index in [9.17, 15) is 0 Å². The standard InChI is InChI=1S/C5H7NO2/c1-7-6-5-3-2-4-8-5/h2-4,6H,1H3. The summed E-state index contributed by atoms with van der Waals surface area (Å²) in [5, 5.41) is 0. The molecule has 1 aromatic heterocycles. The Morgan fingerprint density at radius 1 is 1.75 bits per heavy atom. The normalized spacial score (nSPS) is 9.12. The fourth-order valence-corrected chi connectivity index (χ4v) is 0.437. The summed E-state index contributed by atoms with van der Waals surface area (Å²) in [6.07, 6.45) is 1.57. The van der Waals surface area contributed by atoms with E-state index >= 15 is 0 Å². The highest BCUT2D eigenvalue weighted by atomic mass is 16.6. The Bertz CT molecular complexity index is 136. The Balaban J connectivity index is 2.50. The highest BCUT2D eigenvalue weighted by molar-refractivity contribution is 5.25. The fraction of sp³-hybridized carbons (Fsp3) is 0.200. The molecule has 0 saturated carbocycles. The van der Waals surface area contributed by atoms with Gasteiger partial charge in [-0.2, -0.15) is 0 Å². The lowest BCUT2D eigenvalue weighted by atomic mass is 10.6. The number of anilines is 1. The van der Waals surface area contributed by atoms with Crippen LogP contribution < -0.4 is 5.48 Å². The van der Waals surface area contributed by atoms with Gasteiger partial charge in [0.05, 0.1) is 13.4 Å². The van der Waals surface area contributed by atoms with Gasteiger partial charge in [0.25, 0.3) is 0 Å². The van der Waals surface area contributed by atoms with Gasteiger partial charge >= 0.3 is 0 Å². The maximum atomic E-state index is 4.84. The second-order valence-corrected chi connectivity index (χ2v) is 1.28. The maximum absolute atomic E-state index is 4.84. The largest absolute Gasteiger partial charge is 0.447 e. The lowest BCUT2D eigenvalue weighted by Crippen LogP contribution is -1.91. The van der Waals surface area contributed by atoms with Crippen LogP contribution in [-0.2, 0) is 4.84 Å². The molecular formula is C5H7NO2. The van der Waals surface area contributed by atoms with Crippen molar-refractivity contribution in [1.82, 2.24) is 0 Å². The molecule has 0 aliphatic heterocycles. The van der Waals surface area contributed by atoms with Gasteiger partial charge in [0.2, 0.25) is 5.88 Å². The van der Waals surface area contributed by atoms with E-state index in [4.69, 9.17) is 4.42 Å². The van der Waals surface area contributed by atoms with Crippen LogP contribution in [0, 0.1) is 0 Å². The number of furan rings is 1. The van der Waals surface area contributed by atoms with Crippen LogP contribution in [0.2, 0.25) is 0 Å². The molecule has 0 saturated heterocycles. The van der Waals surface area contributed by atoms with Gasteiger partial charge < -0.3 is 4.42 Å². The monoisotopic (exact) mass is 113 g/mol. The zero-order valence-electron chi connectivity index (χ0n) is 4.55. The molecule has 0 fully saturated rings. The van der Waals surface area contributed by atoms with E-state index < -0.39 is 0 Å². The van der Waals surface area contributed by atoms with E-state index in [2.05, 4.69) is 10.3 Å². The fourth-order valence-electron chi connectivity index (χ4n) is 0.437. The number of hydrogen-bond donors (Lipinski definition) is 1. The van der Waals surface area contributed by atoms with Gasteiger partial charge in [-0.1, -0.05) is 0 Å². The Hall–Kier alpha value is -0.960. The van der Waals surface area contributed by atoms with E-state index in [1.807, 2.05) is 0 Å². The molecule has 0 aromatic carbocycles. The van der Waals surface area contributed by atoms with Crippen LogP contribution >= 0.6 is 0 Å². The molecule has 8 heavy (non-hydrogen) atoms. The van der Waals surface area contributed by atoms with Crippen LogP contribution in [0.25, 0.3) is 0 Å². The van der Waals surface area contributed by atoms with Crippen molar-refractivity contribution in [1.29, 1.82) is 0 Å². The zero-order valence-corrected chi connectivity index (χ0v) is 4.55. The van der Waals surface area contributed by atoms with Crippen molar-refractivity contribution in [2.24, 2.45) is 0 Å². The van der Waals surface area contributed by atoms with Crippen LogP contribution in [0.1, 0.15) is 0 Å². The molecule has 3 nitrogen and oxygen atoms in total. The highest BCUT2D eigenvalue weighted by Crippen LogP contribution is 2.04. The maximum Gasteiger partial charge on any atom is 0.216 e. The molecular weight excluding hydrogens is 106 g/mol. The zero-order chi connectivity index (χ0) is 5.82. The van der Waals surface area contributed by atoms with Crippen molar-refractivity contribution < 1.29 is 9.25 Å². The minimum absolute atomic E-state index is 0.618. The van der Waals surface area contributed by atoms with Crippen molar-refractivity contribution in [3.63, 3.8) is 0 Å². The van der Waals surface area contributed by atoms with Gasteiger partial charge in [-0.3, -0.25) is 4.84 Å². The Morgan fingerprint density at radius 2 is 2.62 bits per heavy atom. The van der Waals surface area contributed by atoms with Gasteiger partial charge in [0.1, 0.15) is 0 Å². The smallest absolute Gasteiger partial charge is 0.216 e. The first-order chi connectivity index (χ1) is 3.93. The van der Waals surface area contributed by atoms with Gasteiger partial charge in [-0.05, 0) is 6.07 Å². The van der Waals surface area contributed by atoms with Crippen molar-refractivity contribution in [3.05, 3.63) is 18.4 Å². The average molecular weight is 113 g/mol. The average Bonchev–Trinajstić information content (AvgIpc) is 2.19. The Morgan fingerprint density at radius 3 is 3.12 bits per heavy atom. The Kier molecular flexibility index (Phi) is 1.54. The van der Waals surface area contributed by atoms with Crippen molar-refractivity contribution >= 4 is 5.88 Å². The van der Waals surface area contributed by atoms with Crippen LogP contribution in [0.4, 0.5) is 5.88 Å². The van der Waals surface area contributed by atoms with Crippen LogP contribution in [0.5, 0.6) is 0 Å². The first-order valence-corrected chi connectivity index (χ1v) is 2.26. The Labute approximate surface area is 47.2 Å². The van der Waals surface area contributed by atoms with Gasteiger partial charge in [-0.25, -0.2) is 5.48 Å². The minimum Gasteiger partial charge on any atom is -0.447 e. The van der Waals surface area contributed by atoms with Gasteiger partial charge in [0, 0.05) is 6.07 Å². The molecule has 0 unspecified atom stereocenters. The molecule has 0 aliphatic rings. The van der Waals surface area contributed by atoms with E-state index in [1.165, 1.54) is 7.11 Å². The highest BCUT2D eigenvalue weighted by Gasteiger charge is 1.86.